The van der Waals surface area contributed by atoms with Crippen molar-refractivity contribution in [3.05, 3.63) is 29.3 Å². The van der Waals surface area contributed by atoms with Gasteiger partial charge in [-0.05, 0) is 17.2 Å². The van der Waals surface area contributed by atoms with E-state index in [9.17, 15) is 13.2 Å². The Kier molecular flexibility index (Phi) is 2.38. The summed E-state index contributed by atoms with van der Waals surface area (Å²) in [4.78, 5) is 10.5. The highest BCUT2D eigenvalue weighted by Crippen LogP contribution is 2.32. The molecule has 1 aliphatic heterocycles. The third-order valence-electron chi connectivity index (χ3n) is 2.60. The van der Waals surface area contributed by atoms with E-state index >= 15 is 0 Å². The Morgan fingerprint density at radius 2 is 2.19 bits per heavy atom. The number of benzene rings is 1. The van der Waals surface area contributed by atoms with Crippen molar-refractivity contribution in [2.24, 2.45) is 0 Å². The molecule has 2 rings (SSSR count). The summed E-state index contributed by atoms with van der Waals surface area (Å²) in [5, 5.41) is 8.65. The van der Waals surface area contributed by atoms with Crippen molar-refractivity contribution in [2.45, 2.75) is 12.2 Å². The first-order valence-electron chi connectivity index (χ1n) is 4.70. The number of carbonyl (C=O) groups is 1. The maximum absolute atomic E-state index is 11.6. The van der Waals surface area contributed by atoms with E-state index in [0.29, 0.717) is 11.3 Å². The van der Waals surface area contributed by atoms with Crippen molar-refractivity contribution in [3.8, 4) is 0 Å². The fraction of sp³-hybridized carbons (Fsp3) is 0.300. The van der Waals surface area contributed by atoms with E-state index in [1.165, 1.54) is 11.4 Å². The van der Waals surface area contributed by atoms with Gasteiger partial charge in [0.15, 0.2) is 0 Å². The molecule has 0 radical (unpaired) electrons. The Balaban J connectivity index is 2.43. The topological polar surface area (TPSA) is 74.7 Å². The third kappa shape index (κ3) is 1.76. The highest BCUT2D eigenvalue weighted by Gasteiger charge is 2.29. The van der Waals surface area contributed by atoms with Gasteiger partial charge in [-0.25, -0.2) is 8.42 Å². The molecule has 5 nitrogen and oxygen atoms in total. The van der Waals surface area contributed by atoms with Gasteiger partial charge in [0.2, 0.25) is 10.0 Å². The normalized spacial score (nSPS) is 17.2. The Morgan fingerprint density at radius 3 is 2.81 bits per heavy atom. The van der Waals surface area contributed by atoms with Crippen LogP contribution >= 0.6 is 0 Å². The number of carboxylic acids is 1. The molecule has 1 aromatic carbocycles. The van der Waals surface area contributed by atoms with E-state index in [1.54, 1.807) is 18.2 Å². The van der Waals surface area contributed by atoms with Gasteiger partial charge in [0.05, 0.1) is 17.9 Å². The molecule has 0 saturated heterocycles. The molecule has 16 heavy (non-hydrogen) atoms. The standard InChI is InChI=1S/C10H11NO4S/c1-11-9-4-7(5-10(12)13)2-3-8(9)6-16(11,14)15/h2-4H,5-6H2,1H3,(H,12,13). The van der Waals surface area contributed by atoms with E-state index in [2.05, 4.69) is 0 Å². The second-order valence-corrected chi connectivity index (χ2v) is 5.76. The van der Waals surface area contributed by atoms with Crippen LogP contribution in [-0.2, 0) is 27.0 Å². The van der Waals surface area contributed by atoms with Crippen molar-refractivity contribution in [3.63, 3.8) is 0 Å². The van der Waals surface area contributed by atoms with Crippen LogP contribution in [0.15, 0.2) is 18.2 Å². The van der Waals surface area contributed by atoms with Crippen LogP contribution < -0.4 is 4.31 Å². The Labute approximate surface area is 93.4 Å². The number of carboxylic acid groups (broad SMARTS) is 1. The van der Waals surface area contributed by atoms with Gasteiger partial charge in [0, 0.05) is 7.05 Å². The molecule has 0 saturated carbocycles. The van der Waals surface area contributed by atoms with E-state index < -0.39 is 16.0 Å². The minimum Gasteiger partial charge on any atom is -0.481 e. The summed E-state index contributed by atoms with van der Waals surface area (Å²) in [5.41, 5.74) is 1.91. The van der Waals surface area contributed by atoms with E-state index in [1.807, 2.05) is 0 Å². The number of hydrogen-bond acceptors (Lipinski definition) is 3. The SMILES string of the molecule is CN1c2cc(CC(=O)O)ccc2CS1(=O)=O. The highest BCUT2D eigenvalue weighted by atomic mass is 32.2. The van der Waals surface area contributed by atoms with Gasteiger partial charge in [-0.15, -0.1) is 0 Å². The Bertz CT molecular complexity index is 550. The second kappa shape index (κ2) is 3.48. The van der Waals surface area contributed by atoms with Crippen molar-refractivity contribution in [2.75, 3.05) is 11.4 Å². The molecule has 0 aromatic heterocycles. The summed E-state index contributed by atoms with van der Waals surface area (Å²) < 4.78 is 24.3. The number of fused-ring (bicyclic) bond motifs is 1. The fourth-order valence-corrected chi connectivity index (χ4v) is 3.05. The average Bonchev–Trinajstić information content (AvgIpc) is 2.38. The first-order valence-corrected chi connectivity index (χ1v) is 6.31. The summed E-state index contributed by atoms with van der Waals surface area (Å²) in [5.74, 6) is -0.935. The van der Waals surface area contributed by atoms with Crippen molar-refractivity contribution in [1.82, 2.24) is 0 Å². The van der Waals surface area contributed by atoms with Crippen LogP contribution in [0.5, 0.6) is 0 Å². The van der Waals surface area contributed by atoms with Crippen molar-refractivity contribution in [1.29, 1.82) is 0 Å². The number of sulfonamides is 1. The molecule has 0 spiro atoms. The number of nitrogens with zero attached hydrogens (tertiary/aromatic N) is 1. The minimum absolute atomic E-state index is 0.00775. The fourth-order valence-electron chi connectivity index (χ4n) is 1.75. The molecule has 1 heterocycles. The molecule has 1 N–H and O–H groups in total. The number of anilines is 1. The van der Waals surface area contributed by atoms with Crippen LogP contribution in [0.1, 0.15) is 11.1 Å². The lowest BCUT2D eigenvalue weighted by atomic mass is 10.1. The summed E-state index contributed by atoms with van der Waals surface area (Å²) in [6, 6.07) is 4.95. The predicted molar refractivity (Wildman–Crippen MR) is 58.8 cm³/mol. The maximum Gasteiger partial charge on any atom is 0.307 e. The molecule has 1 aliphatic rings. The Morgan fingerprint density at radius 1 is 1.50 bits per heavy atom. The lowest BCUT2D eigenvalue weighted by molar-refractivity contribution is -0.136. The largest absolute Gasteiger partial charge is 0.481 e. The summed E-state index contributed by atoms with van der Waals surface area (Å²) >= 11 is 0. The van der Waals surface area contributed by atoms with E-state index in [0.717, 1.165) is 5.56 Å². The summed E-state index contributed by atoms with van der Waals surface area (Å²) in [6.45, 7) is 0. The second-order valence-electron chi connectivity index (χ2n) is 3.76. The van der Waals surface area contributed by atoms with Crippen LogP contribution in [0, 0.1) is 0 Å². The van der Waals surface area contributed by atoms with Crippen molar-refractivity contribution >= 4 is 21.7 Å². The van der Waals surface area contributed by atoms with Gasteiger partial charge in [-0.1, -0.05) is 12.1 Å². The van der Waals surface area contributed by atoms with Gasteiger partial charge < -0.3 is 5.11 Å². The predicted octanol–water partition coefficient (Wildman–Crippen LogP) is 0.593. The van der Waals surface area contributed by atoms with Crippen molar-refractivity contribution < 1.29 is 18.3 Å². The molecule has 0 bridgehead atoms. The van der Waals surface area contributed by atoms with Gasteiger partial charge in [0.25, 0.3) is 0 Å². The smallest absolute Gasteiger partial charge is 0.307 e. The third-order valence-corrected chi connectivity index (χ3v) is 4.31. The van der Waals surface area contributed by atoms with Crippen LogP contribution in [0.4, 0.5) is 5.69 Å². The molecular formula is C10H11NO4S. The molecule has 6 heteroatoms. The molecule has 0 fully saturated rings. The zero-order valence-electron chi connectivity index (χ0n) is 8.67. The Hall–Kier alpha value is -1.56. The molecule has 0 unspecified atom stereocenters. The van der Waals surface area contributed by atoms with Gasteiger partial charge in [-0.3, -0.25) is 9.10 Å². The van der Waals surface area contributed by atoms with Gasteiger partial charge in [0.1, 0.15) is 0 Å². The number of hydrogen-bond donors (Lipinski definition) is 1. The van der Waals surface area contributed by atoms with Gasteiger partial charge in [-0.2, -0.15) is 0 Å². The number of aliphatic carboxylic acids is 1. The monoisotopic (exact) mass is 241 g/mol. The van der Waals surface area contributed by atoms with Crippen LogP contribution in [0.2, 0.25) is 0 Å². The maximum atomic E-state index is 11.6. The molecule has 1 aromatic rings. The minimum atomic E-state index is -3.24. The molecule has 0 atom stereocenters. The first kappa shape index (κ1) is 10.9. The summed E-state index contributed by atoms with van der Waals surface area (Å²) in [6.07, 6.45) is -0.0961. The number of rotatable bonds is 2. The molecule has 86 valence electrons. The van der Waals surface area contributed by atoms with Gasteiger partial charge >= 0.3 is 5.97 Å². The molecule has 0 aliphatic carbocycles. The zero-order chi connectivity index (χ0) is 11.9. The van der Waals surface area contributed by atoms with Crippen LogP contribution in [0.25, 0.3) is 0 Å². The first-order chi connectivity index (χ1) is 7.40. The zero-order valence-corrected chi connectivity index (χ0v) is 9.49. The van der Waals surface area contributed by atoms with E-state index in [-0.39, 0.29) is 12.2 Å². The lowest BCUT2D eigenvalue weighted by Gasteiger charge is -2.11. The quantitative estimate of drug-likeness (QED) is 0.822. The summed E-state index contributed by atoms with van der Waals surface area (Å²) in [7, 11) is -1.77. The highest BCUT2D eigenvalue weighted by molar-refractivity contribution is 7.92. The lowest BCUT2D eigenvalue weighted by Crippen LogP contribution is -2.21. The molecule has 0 amide bonds. The molecular weight excluding hydrogens is 230 g/mol. The van der Waals surface area contributed by atoms with Crippen LogP contribution in [-0.4, -0.2) is 26.5 Å². The van der Waals surface area contributed by atoms with Crippen LogP contribution in [0.3, 0.4) is 0 Å². The van der Waals surface area contributed by atoms with E-state index in [4.69, 9.17) is 5.11 Å². The average molecular weight is 241 g/mol.